The van der Waals surface area contributed by atoms with Gasteiger partial charge >= 0.3 is 0 Å². The van der Waals surface area contributed by atoms with Gasteiger partial charge in [0, 0.05) is 32.6 Å². The Morgan fingerprint density at radius 2 is 1.75 bits per heavy atom. The monoisotopic (exact) mass is 283 g/mol. The largest absolute Gasteiger partial charge is 0.354 e. The molecule has 1 aliphatic rings. The Hall–Kier alpha value is -1.10. The van der Waals surface area contributed by atoms with Gasteiger partial charge in [-0.15, -0.1) is 0 Å². The maximum atomic E-state index is 11.9. The summed E-state index contributed by atoms with van der Waals surface area (Å²) >= 11 is 0. The molecule has 0 bridgehead atoms. The molecule has 2 N–H and O–H groups in total. The zero-order valence-corrected chi connectivity index (χ0v) is 13.1. The number of nitrogens with one attached hydrogen (secondary N) is 2. The predicted octanol–water partition coefficient (Wildman–Crippen LogP) is 1.14. The Bertz CT molecular complexity index is 312. The summed E-state index contributed by atoms with van der Waals surface area (Å²) in [6.45, 7) is 9.00. The summed E-state index contributed by atoms with van der Waals surface area (Å²) in [6.07, 6.45) is 3.94. The Labute approximate surface area is 122 Å². The van der Waals surface area contributed by atoms with Crippen LogP contribution in [0.5, 0.6) is 0 Å². The molecule has 1 heterocycles. The van der Waals surface area contributed by atoms with Crippen molar-refractivity contribution in [2.24, 2.45) is 5.92 Å². The highest BCUT2D eigenvalue weighted by Crippen LogP contribution is 2.09. The molecule has 1 unspecified atom stereocenters. The van der Waals surface area contributed by atoms with E-state index in [0.29, 0.717) is 25.4 Å². The molecular weight excluding hydrogens is 254 g/mol. The SMILES string of the molecule is CC(C)CNC(=O)C(C)NCCC(=O)N1CCCCC1. The van der Waals surface area contributed by atoms with Crippen LogP contribution >= 0.6 is 0 Å². The van der Waals surface area contributed by atoms with Crippen LogP contribution in [-0.2, 0) is 9.59 Å². The highest BCUT2D eigenvalue weighted by molar-refractivity contribution is 5.81. The van der Waals surface area contributed by atoms with Crippen molar-refractivity contribution in [3.8, 4) is 0 Å². The van der Waals surface area contributed by atoms with Crippen molar-refractivity contribution in [2.75, 3.05) is 26.2 Å². The Kier molecular flexibility index (Phi) is 7.59. The van der Waals surface area contributed by atoms with Crippen molar-refractivity contribution in [2.45, 2.75) is 52.5 Å². The van der Waals surface area contributed by atoms with Crippen LogP contribution in [0.25, 0.3) is 0 Å². The van der Waals surface area contributed by atoms with Gasteiger partial charge in [0.05, 0.1) is 6.04 Å². The summed E-state index contributed by atoms with van der Waals surface area (Å²) in [5.74, 6) is 0.655. The number of hydrogen-bond donors (Lipinski definition) is 2. The molecule has 0 radical (unpaired) electrons. The van der Waals surface area contributed by atoms with E-state index in [1.807, 2.05) is 11.8 Å². The van der Waals surface area contributed by atoms with Crippen molar-refractivity contribution < 1.29 is 9.59 Å². The lowest BCUT2D eigenvalue weighted by Crippen LogP contribution is -2.44. The highest BCUT2D eigenvalue weighted by atomic mass is 16.2. The molecule has 0 aromatic carbocycles. The van der Waals surface area contributed by atoms with E-state index in [2.05, 4.69) is 24.5 Å². The first kappa shape index (κ1) is 17.0. The number of carbonyl (C=O) groups is 2. The number of likely N-dealkylation sites (tertiary alicyclic amines) is 1. The smallest absolute Gasteiger partial charge is 0.236 e. The minimum Gasteiger partial charge on any atom is -0.354 e. The molecule has 0 aromatic rings. The van der Waals surface area contributed by atoms with Crippen molar-refractivity contribution in [1.82, 2.24) is 15.5 Å². The first-order chi connectivity index (χ1) is 9.50. The van der Waals surface area contributed by atoms with Gasteiger partial charge in [-0.3, -0.25) is 9.59 Å². The Morgan fingerprint density at radius 1 is 1.10 bits per heavy atom. The Balaban J connectivity index is 2.15. The standard InChI is InChI=1S/C15H29N3O2/c1-12(2)11-17-15(20)13(3)16-8-7-14(19)18-9-5-4-6-10-18/h12-13,16H,4-11H2,1-3H3,(H,17,20). The fourth-order valence-electron chi connectivity index (χ4n) is 2.25. The van der Waals surface area contributed by atoms with E-state index in [0.717, 1.165) is 25.9 Å². The first-order valence-electron chi connectivity index (χ1n) is 7.79. The molecule has 20 heavy (non-hydrogen) atoms. The molecule has 0 aliphatic carbocycles. The number of carbonyl (C=O) groups excluding carboxylic acids is 2. The van der Waals surface area contributed by atoms with Crippen LogP contribution < -0.4 is 10.6 Å². The molecule has 1 aliphatic heterocycles. The van der Waals surface area contributed by atoms with Gasteiger partial charge in [-0.1, -0.05) is 13.8 Å². The average molecular weight is 283 g/mol. The molecule has 5 heteroatoms. The summed E-state index contributed by atoms with van der Waals surface area (Å²) in [7, 11) is 0. The quantitative estimate of drug-likeness (QED) is 0.736. The van der Waals surface area contributed by atoms with Crippen LogP contribution in [0.2, 0.25) is 0 Å². The van der Waals surface area contributed by atoms with Crippen molar-refractivity contribution >= 4 is 11.8 Å². The normalized spacial score (nSPS) is 17.1. The second-order valence-electron chi connectivity index (χ2n) is 6.01. The fourth-order valence-corrected chi connectivity index (χ4v) is 2.25. The van der Waals surface area contributed by atoms with Gasteiger partial charge in [0.25, 0.3) is 0 Å². The minimum atomic E-state index is -0.247. The minimum absolute atomic E-state index is 0.00382. The van der Waals surface area contributed by atoms with Crippen molar-refractivity contribution in [3.05, 3.63) is 0 Å². The molecule has 0 saturated carbocycles. The van der Waals surface area contributed by atoms with Gasteiger partial charge < -0.3 is 15.5 Å². The number of hydrogen-bond acceptors (Lipinski definition) is 3. The second kappa shape index (κ2) is 8.95. The highest BCUT2D eigenvalue weighted by Gasteiger charge is 2.17. The average Bonchev–Trinajstić information content (AvgIpc) is 2.45. The molecule has 0 aromatic heterocycles. The third-order valence-electron chi connectivity index (χ3n) is 3.58. The van der Waals surface area contributed by atoms with Crippen LogP contribution in [-0.4, -0.2) is 48.9 Å². The fraction of sp³-hybridized carbons (Fsp3) is 0.867. The zero-order valence-electron chi connectivity index (χ0n) is 13.1. The van der Waals surface area contributed by atoms with E-state index in [4.69, 9.17) is 0 Å². The van der Waals surface area contributed by atoms with Crippen LogP contribution in [0.1, 0.15) is 46.5 Å². The number of nitrogens with zero attached hydrogens (tertiary/aromatic N) is 1. The molecular formula is C15H29N3O2. The topological polar surface area (TPSA) is 61.4 Å². The Morgan fingerprint density at radius 3 is 2.35 bits per heavy atom. The van der Waals surface area contributed by atoms with E-state index in [-0.39, 0.29) is 17.9 Å². The van der Waals surface area contributed by atoms with E-state index in [1.165, 1.54) is 6.42 Å². The molecule has 5 nitrogen and oxygen atoms in total. The summed E-state index contributed by atoms with van der Waals surface area (Å²) in [6, 6.07) is -0.247. The lowest BCUT2D eigenvalue weighted by molar-refractivity contribution is -0.132. The van der Waals surface area contributed by atoms with Crippen LogP contribution in [0, 0.1) is 5.92 Å². The third kappa shape index (κ3) is 6.37. The summed E-state index contributed by atoms with van der Waals surface area (Å²) in [5, 5.41) is 6.00. The van der Waals surface area contributed by atoms with Crippen LogP contribution in [0.4, 0.5) is 0 Å². The maximum Gasteiger partial charge on any atom is 0.236 e. The molecule has 116 valence electrons. The summed E-state index contributed by atoms with van der Waals surface area (Å²) < 4.78 is 0. The first-order valence-corrected chi connectivity index (χ1v) is 7.79. The second-order valence-corrected chi connectivity index (χ2v) is 6.01. The van der Waals surface area contributed by atoms with Gasteiger partial charge in [0.2, 0.25) is 11.8 Å². The number of amides is 2. The van der Waals surface area contributed by atoms with Crippen molar-refractivity contribution in [3.63, 3.8) is 0 Å². The molecule has 1 atom stereocenters. The van der Waals surface area contributed by atoms with E-state index >= 15 is 0 Å². The third-order valence-corrected chi connectivity index (χ3v) is 3.58. The van der Waals surface area contributed by atoms with E-state index in [1.54, 1.807) is 0 Å². The van der Waals surface area contributed by atoms with Crippen LogP contribution in [0.3, 0.4) is 0 Å². The van der Waals surface area contributed by atoms with Gasteiger partial charge in [-0.25, -0.2) is 0 Å². The van der Waals surface area contributed by atoms with Gasteiger partial charge in [-0.05, 0) is 32.1 Å². The predicted molar refractivity (Wildman–Crippen MR) is 80.4 cm³/mol. The van der Waals surface area contributed by atoms with Gasteiger partial charge in [0.15, 0.2) is 0 Å². The number of piperidine rings is 1. The van der Waals surface area contributed by atoms with E-state index in [9.17, 15) is 9.59 Å². The molecule has 1 saturated heterocycles. The number of rotatable bonds is 7. The maximum absolute atomic E-state index is 11.9. The summed E-state index contributed by atoms with van der Waals surface area (Å²) in [4.78, 5) is 25.6. The zero-order chi connectivity index (χ0) is 15.0. The van der Waals surface area contributed by atoms with Crippen LogP contribution in [0.15, 0.2) is 0 Å². The molecule has 1 rings (SSSR count). The van der Waals surface area contributed by atoms with Crippen molar-refractivity contribution in [1.29, 1.82) is 0 Å². The van der Waals surface area contributed by atoms with Gasteiger partial charge in [0.1, 0.15) is 0 Å². The summed E-state index contributed by atoms with van der Waals surface area (Å²) in [5.41, 5.74) is 0. The van der Waals surface area contributed by atoms with Gasteiger partial charge in [-0.2, -0.15) is 0 Å². The molecule has 1 fully saturated rings. The van der Waals surface area contributed by atoms with E-state index < -0.39 is 0 Å². The lowest BCUT2D eigenvalue weighted by atomic mass is 10.1. The molecule has 0 spiro atoms. The lowest BCUT2D eigenvalue weighted by Gasteiger charge is -2.27. The molecule has 2 amide bonds.